The number of rotatable bonds is 3. The second kappa shape index (κ2) is 8.20. The van der Waals surface area contributed by atoms with Crippen molar-refractivity contribution in [2.24, 2.45) is 11.7 Å². The minimum absolute atomic E-state index is 0.133. The van der Waals surface area contributed by atoms with Crippen molar-refractivity contribution < 1.29 is 23.9 Å². The van der Waals surface area contributed by atoms with E-state index < -0.39 is 11.8 Å². The lowest BCUT2D eigenvalue weighted by atomic mass is 9.96. The number of benzene rings is 1. The van der Waals surface area contributed by atoms with Gasteiger partial charge in [0, 0.05) is 44.8 Å². The zero-order valence-corrected chi connectivity index (χ0v) is 17.6. The molecule has 1 aromatic rings. The van der Waals surface area contributed by atoms with Crippen molar-refractivity contribution in [3.05, 3.63) is 29.8 Å². The number of hydrogen-bond acceptors (Lipinski definition) is 5. The lowest BCUT2D eigenvalue weighted by Crippen LogP contribution is -2.56. The van der Waals surface area contributed by atoms with E-state index >= 15 is 0 Å². The molecule has 0 saturated carbocycles. The van der Waals surface area contributed by atoms with Crippen LogP contribution in [-0.2, 0) is 14.4 Å². The first kappa shape index (κ1) is 21.1. The Morgan fingerprint density at radius 1 is 1.16 bits per heavy atom. The number of carbonyl (C=O) groups excluding carboxylic acids is 4. The summed E-state index contributed by atoms with van der Waals surface area (Å²) in [6, 6.07) is 6.41. The number of nitrogens with zero attached hydrogens (tertiary/aromatic N) is 2. The summed E-state index contributed by atoms with van der Waals surface area (Å²) in [5, 5.41) is 2.94. The van der Waals surface area contributed by atoms with Gasteiger partial charge in [0.25, 0.3) is 5.91 Å². The number of ether oxygens (including phenoxy) is 1. The average molecular weight is 428 g/mol. The van der Waals surface area contributed by atoms with E-state index in [1.807, 2.05) is 0 Å². The fourth-order valence-corrected chi connectivity index (χ4v) is 4.68. The minimum Gasteiger partial charge on any atom is -0.467 e. The SMILES string of the molecule is C[C@@H](C(=O)N1CCC(C(N)=O)CC1)N1CC[C@@]2(CCC1=O)NC(=O)c1ccccc1O2. The summed E-state index contributed by atoms with van der Waals surface area (Å²) in [6.45, 7) is 2.94. The van der Waals surface area contributed by atoms with Crippen LogP contribution in [0.15, 0.2) is 24.3 Å². The normalized spacial score (nSPS) is 25.3. The molecule has 4 amide bonds. The van der Waals surface area contributed by atoms with Crippen LogP contribution in [0.1, 0.15) is 49.4 Å². The molecule has 2 atom stereocenters. The molecule has 0 bridgehead atoms. The van der Waals surface area contributed by atoms with Gasteiger partial charge in [0.2, 0.25) is 17.7 Å². The molecule has 0 unspecified atom stereocenters. The topological polar surface area (TPSA) is 122 Å². The molecular weight excluding hydrogens is 400 g/mol. The van der Waals surface area contributed by atoms with Gasteiger partial charge in [0.05, 0.1) is 5.56 Å². The monoisotopic (exact) mass is 428 g/mol. The van der Waals surface area contributed by atoms with Crippen molar-refractivity contribution in [2.75, 3.05) is 19.6 Å². The lowest BCUT2D eigenvalue weighted by molar-refractivity contribution is -0.146. The number of para-hydroxylation sites is 1. The molecule has 1 spiro atoms. The summed E-state index contributed by atoms with van der Waals surface area (Å²) in [7, 11) is 0. The van der Waals surface area contributed by atoms with Gasteiger partial charge >= 0.3 is 0 Å². The molecule has 9 nitrogen and oxygen atoms in total. The molecule has 166 valence electrons. The first-order chi connectivity index (χ1) is 14.8. The van der Waals surface area contributed by atoms with Crippen LogP contribution in [0.3, 0.4) is 0 Å². The van der Waals surface area contributed by atoms with Crippen LogP contribution < -0.4 is 15.8 Å². The van der Waals surface area contributed by atoms with E-state index in [0.717, 1.165) is 0 Å². The van der Waals surface area contributed by atoms with E-state index in [2.05, 4.69) is 5.32 Å². The van der Waals surface area contributed by atoms with Gasteiger partial charge < -0.3 is 25.6 Å². The molecule has 4 rings (SSSR count). The summed E-state index contributed by atoms with van der Waals surface area (Å²) in [6.07, 6.45) is 1.99. The highest BCUT2D eigenvalue weighted by molar-refractivity contribution is 5.98. The van der Waals surface area contributed by atoms with E-state index in [1.54, 1.807) is 41.0 Å². The van der Waals surface area contributed by atoms with E-state index in [0.29, 0.717) is 56.6 Å². The quantitative estimate of drug-likeness (QED) is 0.731. The average Bonchev–Trinajstić information content (AvgIpc) is 2.92. The second-order valence-electron chi connectivity index (χ2n) is 8.56. The second-order valence-corrected chi connectivity index (χ2v) is 8.56. The predicted octanol–water partition coefficient (Wildman–Crippen LogP) is 0.630. The van der Waals surface area contributed by atoms with Crippen molar-refractivity contribution >= 4 is 23.6 Å². The van der Waals surface area contributed by atoms with Crippen LogP contribution >= 0.6 is 0 Å². The summed E-state index contributed by atoms with van der Waals surface area (Å²) in [5.74, 6) is -0.511. The van der Waals surface area contributed by atoms with Crippen molar-refractivity contribution in [3.8, 4) is 5.75 Å². The number of primary amides is 1. The van der Waals surface area contributed by atoms with E-state index in [-0.39, 0.29) is 36.0 Å². The summed E-state index contributed by atoms with van der Waals surface area (Å²) < 4.78 is 6.15. The molecule has 0 aromatic heterocycles. The van der Waals surface area contributed by atoms with Gasteiger partial charge in [0.15, 0.2) is 5.72 Å². The van der Waals surface area contributed by atoms with Gasteiger partial charge in [-0.1, -0.05) is 12.1 Å². The highest BCUT2D eigenvalue weighted by Crippen LogP contribution is 2.34. The van der Waals surface area contributed by atoms with Gasteiger partial charge in [-0.05, 0) is 31.9 Å². The van der Waals surface area contributed by atoms with Crippen LogP contribution in [0.2, 0.25) is 0 Å². The van der Waals surface area contributed by atoms with E-state index in [1.165, 1.54) is 0 Å². The maximum Gasteiger partial charge on any atom is 0.258 e. The Bertz CT molecular complexity index is 911. The largest absolute Gasteiger partial charge is 0.467 e. The molecule has 2 fully saturated rings. The molecule has 31 heavy (non-hydrogen) atoms. The number of likely N-dealkylation sites (tertiary alicyclic amines) is 2. The third-order valence-electron chi connectivity index (χ3n) is 6.63. The molecule has 9 heteroatoms. The molecule has 3 heterocycles. The first-order valence-electron chi connectivity index (χ1n) is 10.8. The Labute approximate surface area is 180 Å². The smallest absolute Gasteiger partial charge is 0.258 e. The molecule has 3 aliphatic rings. The van der Waals surface area contributed by atoms with Crippen molar-refractivity contribution in [1.29, 1.82) is 0 Å². The van der Waals surface area contributed by atoms with E-state index in [4.69, 9.17) is 10.5 Å². The fourth-order valence-electron chi connectivity index (χ4n) is 4.68. The van der Waals surface area contributed by atoms with Crippen LogP contribution in [0.4, 0.5) is 0 Å². The third-order valence-corrected chi connectivity index (χ3v) is 6.63. The van der Waals surface area contributed by atoms with Crippen LogP contribution in [0.25, 0.3) is 0 Å². The summed E-state index contributed by atoms with van der Waals surface area (Å²) >= 11 is 0. The first-order valence-corrected chi connectivity index (χ1v) is 10.8. The van der Waals surface area contributed by atoms with Crippen molar-refractivity contribution in [2.45, 2.75) is 50.8 Å². The molecule has 2 saturated heterocycles. The zero-order valence-electron chi connectivity index (χ0n) is 17.6. The Morgan fingerprint density at radius 2 is 1.87 bits per heavy atom. The van der Waals surface area contributed by atoms with Gasteiger partial charge in [-0.3, -0.25) is 19.2 Å². The molecule has 3 N–H and O–H groups in total. The Kier molecular flexibility index (Phi) is 5.60. The lowest BCUT2D eigenvalue weighted by Gasteiger charge is -2.39. The van der Waals surface area contributed by atoms with Crippen LogP contribution in [0.5, 0.6) is 5.75 Å². The van der Waals surface area contributed by atoms with Gasteiger partial charge in [-0.2, -0.15) is 0 Å². The fraction of sp³-hybridized carbons (Fsp3) is 0.545. The number of hydrogen-bond donors (Lipinski definition) is 2. The highest BCUT2D eigenvalue weighted by atomic mass is 16.5. The van der Waals surface area contributed by atoms with Crippen molar-refractivity contribution in [1.82, 2.24) is 15.1 Å². The third kappa shape index (κ3) is 4.08. The van der Waals surface area contributed by atoms with Crippen molar-refractivity contribution in [3.63, 3.8) is 0 Å². The molecule has 3 aliphatic heterocycles. The van der Waals surface area contributed by atoms with Gasteiger partial charge in [-0.25, -0.2) is 0 Å². The molecule has 0 radical (unpaired) electrons. The number of carbonyl (C=O) groups is 4. The summed E-state index contributed by atoms with van der Waals surface area (Å²) in [4.78, 5) is 53.1. The minimum atomic E-state index is -0.960. The summed E-state index contributed by atoms with van der Waals surface area (Å²) in [5.41, 5.74) is 4.89. The van der Waals surface area contributed by atoms with E-state index in [9.17, 15) is 19.2 Å². The number of piperidine rings is 1. The number of amides is 4. The standard InChI is InChI=1S/C22H28N4O5/c1-14(21(30)25-11-7-15(8-12-25)19(23)28)26-13-10-22(9-6-18(26)27)24-20(29)16-4-2-3-5-17(16)31-22/h2-5,14-15H,6-13H2,1H3,(H2,23,28)(H,24,29)/t14-,22-/m0/s1. The number of nitrogens with one attached hydrogen (secondary N) is 1. The highest BCUT2D eigenvalue weighted by Gasteiger charge is 2.44. The maximum atomic E-state index is 13.0. The zero-order chi connectivity index (χ0) is 22.2. The molecular formula is C22H28N4O5. The maximum absolute atomic E-state index is 13.0. The number of nitrogens with two attached hydrogens (primary N) is 1. The molecule has 0 aliphatic carbocycles. The van der Waals surface area contributed by atoms with Gasteiger partial charge in [0.1, 0.15) is 11.8 Å². The Morgan fingerprint density at radius 3 is 2.58 bits per heavy atom. The number of fused-ring (bicyclic) bond motifs is 1. The Hall–Kier alpha value is -3.10. The Balaban J connectivity index is 1.43. The van der Waals surface area contributed by atoms with Gasteiger partial charge in [-0.15, -0.1) is 0 Å². The van der Waals surface area contributed by atoms with Crippen LogP contribution in [0, 0.1) is 5.92 Å². The van der Waals surface area contributed by atoms with Crippen LogP contribution in [-0.4, -0.2) is 64.8 Å². The predicted molar refractivity (Wildman–Crippen MR) is 111 cm³/mol. The molecule has 1 aromatic carbocycles.